The first kappa shape index (κ1) is 17.9. The molecule has 1 N–H and O–H groups in total. The van der Waals surface area contributed by atoms with E-state index < -0.39 is 17.8 Å². The first-order chi connectivity index (χ1) is 12.5. The number of amides is 1. The Kier molecular flexibility index (Phi) is 4.90. The average molecular weight is 364 g/mol. The number of carbonyl (C=O) groups excluding carboxylic acids is 3. The van der Waals surface area contributed by atoms with Crippen molar-refractivity contribution in [2.75, 3.05) is 37.8 Å². The SMILES string of the molecule is COC(=O)C1=C(C(=O)OC)N(c2cc(F)c3c(c2)CCC(=O)N3)COC1. The van der Waals surface area contributed by atoms with Crippen molar-refractivity contribution in [1.29, 1.82) is 0 Å². The highest BCUT2D eigenvalue weighted by molar-refractivity contribution is 6.03. The van der Waals surface area contributed by atoms with Crippen molar-refractivity contribution in [2.45, 2.75) is 12.8 Å². The lowest BCUT2D eigenvalue weighted by atomic mass is 10.0. The van der Waals surface area contributed by atoms with E-state index in [4.69, 9.17) is 14.2 Å². The van der Waals surface area contributed by atoms with Crippen molar-refractivity contribution >= 4 is 29.2 Å². The number of methoxy groups -OCH3 is 2. The number of nitrogens with one attached hydrogen (secondary N) is 1. The number of benzene rings is 1. The van der Waals surface area contributed by atoms with Gasteiger partial charge in [0.25, 0.3) is 0 Å². The molecular formula is C17H17FN2O6. The minimum absolute atomic E-state index is 0.0166. The van der Waals surface area contributed by atoms with Gasteiger partial charge in [-0.15, -0.1) is 0 Å². The smallest absolute Gasteiger partial charge is 0.355 e. The lowest BCUT2D eigenvalue weighted by molar-refractivity contribution is -0.140. The number of esters is 2. The zero-order valence-electron chi connectivity index (χ0n) is 14.3. The number of fused-ring (bicyclic) bond motifs is 1. The maximum atomic E-state index is 14.5. The molecular weight excluding hydrogens is 347 g/mol. The number of rotatable bonds is 3. The summed E-state index contributed by atoms with van der Waals surface area (Å²) in [5.41, 5.74) is 0.939. The highest BCUT2D eigenvalue weighted by Gasteiger charge is 2.33. The van der Waals surface area contributed by atoms with Gasteiger partial charge < -0.3 is 24.4 Å². The largest absolute Gasteiger partial charge is 0.466 e. The van der Waals surface area contributed by atoms with Gasteiger partial charge in [0.15, 0.2) is 0 Å². The zero-order valence-corrected chi connectivity index (χ0v) is 14.3. The molecule has 1 aromatic carbocycles. The van der Waals surface area contributed by atoms with E-state index in [9.17, 15) is 18.8 Å². The minimum Gasteiger partial charge on any atom is -0.466 e. The number of carbonyl (C=O) groups is 3. The fourth-order valence-corrected chi connectivity index (χ4v) is 2.94. The number of hydrogen-bond acceptors (Lipinski definition) is 7. The number of ether oxygens (including phenoxy) is 3. The van der Waals surface area contributed by atoms with Gasteiger partial charge >= 0.3 is 11.9 Å². The van der Waals surface area contributed by atoms with Gasteiger partial charge in [0.05, 0.1) is 32.1 Å². The van der Waals surface area contributed by atoms with Crippen molar-refractivity contribution in [3.63, 3.8) is 0 Å². The lowest BCUT2D eigenvalue weighted by Crippen LogP contribution is -2.39. The molecule has 0 saturated heterocycles. The molecule has 0 aliphatic carbocycles. The average Bonchev–Trinajstić information content (AvgIpc) is 2.66. The summed E-state index contributed by atoms with van der Waals surface area (Å²) in [6, 6.07) is 2.81. The van der Waals surface area contributed by atoms with Crippen LogP contribution in [0.1, 0.15) is 12.0 Å². The molecule has 9 heteroatoms. The Morgan fingerprint density at radius 1 is 1.19 bits per heavy atom. The number of nitrogens with zero attached hydrogens (tertiary/aromatic N) is 1. The van der Waals surface area contributed by atoms with Crippen LogP contribution >= 0.6 is 0 Å². The summed E-state index contributed by atoms with van der Waals surface area (Å²) in [6.45, 7) is -0.202. The van der Waals surface area contributed by atoms with Crippen LogP contribution in [0, 0.1) is 5.82 Å². The molecule has 0 atom stereocenters. The van der Waals surface area contributed by atoms with Crippen LogP contribution in [0.15, 0.2) is 23.4 Å². The van der Waals surface area contributed by atoms with Crippen LogP contribution in [-0.4, -0.2) is 45.4 Å². The summed E-state index contributed by atoms with van der Waals surface area (Å²) in [6.07, 6.45) is 0.598. The molecule has 0 saturated carbocycles. The number of anilines is 2. The van der Waals surface area contributed by atoms with E-state index in [2.05, 4.69) is 5.32 Å². The van der Waals surface area contributed by atoms with Crippen LogP contribution in [0.5, 0.6) is 0 Å². The van der Waals surface area contributed by atoms with Crippen LogP contribution in [0.3, 0.4) is 0 Å². The molecule has 1 aromatic rings. The topological polar surface area (TPSA) is 94.2 Å². The van der Waals surface area contributed by atoms with Gasteiger partial charge in [0.1, 0.15) is 18.2 Å². The third-order valence-corrected chi connectivity index (χ3v) is 4.19. The van der Waals surface area contributed by atoms with Gasteiger partial charge in [-0.1, -0.05) is 0 Å². The number of hydrogen-bond donors (Lipinski definition) is 1. The van der Waals surface area contributed by atoms with Crippen LogP contribution in [0.2, 0.25) is 0 Å². The van der Waals surface area contributed by atoms with E-state index >= 15 is 0 Å². The molecule has 0 aromatic heterocycles. The van der Waals surface area contributed by atoms with Gasteiger partial charge in [0.2, 0.25) is 5.91 Å². The standard InChI is InChI=1S/C17H17FN2O6/c1-24-16(22)11-7-26-8-20(15(11)17(23)25-2)10-5-9-3-4-13(21)19-14(9)12(18)6-10/h5-6H,3-4,7-8H2,1-2H3,(H,19,21). The molecule has 26 heavy (non-hydrogen) atoms. The Balaban J connectivity index is 2.09. The highest BCUT2D eigenvalue weighted by Crippen LogP contribution is 2.34. The first-order valence-electron chi connectivity index (χ1n) is 7.83. The maximum Gasteiger partial charge on any atom is 0.355 e. The van der Waals surface area contributed by atoms with Crippen LogP contribution in [0.25, 0.3) is 0 Å². The van der Waals surface area contributed by atoms with Gasteiger partial charge in [-0.25, -0.2) is 14.0 Å². The molecule has 1 amide bonds. The van der Waals surface area contributed by atoms with Crippen molar-refractivity contribution in [2.24, 2.45) is 0 Å². The highest BCUT2D eigenvalue weighted by atomic mass is 19.1. The van der Waals surface area contributed by atoms with Crippen LogP contribution in [0.4, 0.5) is 15.8 Å². The lowest BCUT2D eigenvalue weighted by Gasteiger charge is -2.32. The Morgan fingerprint density at radius 2 is 1.92 bits per heavy atom. The Bertz CT molecular complexity index is 820. The monoisotopic (exact) mass is 364 g/mol. The molecule has 138 valence electrons. The van der Waals surface area contributed by atoms with Gasteiger partial charge in [-0.05, 0) is 24.1 Å². The summed E-state index contributed by atoms with van der Waals surface area (Å²) >= 11 is 0. The molecule has 3 rings (SSSR count). The molecule has 0 spiro atoms. The minimum atomic E-state index is -0.764. The van der Waals surface area contributed by atoms with Crippen molar-refractivity contribution < 1.29 is 33.0 Å². The Labute approximate surface area is 148 Å². The molecule has 2 aliphatic heterocycles. The maximum absolute atomic E-state index is 14.5. The summed E-state index contributed by atoms with van der Waals surface area (Å²) in [4.78, 5) is 37.1. The second-order valence-electron chi connectivity index (χ2n) is 5.73. The van der Waals surface area contributed by atoms with E-state index in [1.165, 1.54) is 19.1 Å². The van der Waals surface area contributed by atoms with Crippen LogP contribution in [-0.2, 0) is 35.0 Å². The van der Waals surface area contributed by atoms with Crippen LogP contribution < -0.4 is 10.2 Å². The normalized spacial score (nSPS) is 16.7. The molecule has 0 unspecified atom stereocenters. The van der Waals surface area contributed by atoms with E-state index in [1.54, 1.807) is 6.07 Å². The second kappa shape index (κ2) is 7.12. The van der Waals surface area contributed by atoms with Gasteiger partial charge in [-0.3, -0.25) is 4.79 Å². The fourth-order valence-electron chi connectivity index (χ4n) is 2.94. The molecule has 8 nitrogen and oxygen atoms in total. The molecule has 2 aliphatic rings. The Hall–Kier alpha value is -2.94. The van der Waals surface area contributed by atoms with Crippen molar-refractivity contribution in [3.05, 3.63) is 34.8 Å². The molecule has 0 bridgehead atoms. The van der Waals surface area contributed by atoms with E-state index in [-0.39, 0.29) is 42.6 Å². The third kappa shape index (κ3) is 3.13. The Morgan fingerprint density at radius 3 is 2.62 bits per heavy atom. The molecule has 0 radical (unpaired) electrons. The second-order valence-corrected chi connectivity index (χ2v) is 5.73. The van der Waals surface area contributed by atoms with Crippen molar-refractivity contribution in [1.82, 2.24) is 0 Å². The van der Waals surface area contributed by atoms with E-state index in [1.807, 2.05) is 0 Å². The predicted octanol–water partition coefficient (Wildman–Crippen LogP) is 1.10. The van der Waals surface area contributed by atoms with Gasteiger partial charge in [0, 0.05) is 12.1 Å². The fraction of sp³-hybridized carbons (Fsp3) is 0.353. The van der Waals surface area contributed by atoms with E-state index in [0.717, 1.165) is 6.07 Å². The third-order valence-electron chi connectivity index (χ3n) is 4.19. The summed E-state index contributed by atoms with van der Waals surface area (Å²) < 4.78 is 29.3. The molecule has 0 fully saturated rings. The number of halogens is 1. The molecule has 2 heterocycles. The predicted molar refractivity (Wildman–Crippen MR) is 87.7 cm³/mol. The quantitative estimate of drug-likeness (QED) is 0.803. The van der Waals surface area contributed by atoms with E-state index in [0.29, 0.717) is 17.7 Å². The summed E-state index contributed by atoms with van der Waals surface area (Å²) in [5.74, 6) is -2.39. The van der Waals surface area contributed by atoms with Gasteiger partial charge in [-0.2, -0.15) is 0 Å². The first-order valence-corrected chi connectivity index (χ1v) is 7.83. The summed E-state index contributed by atoms with van der Waals surface area (Å²) in [5, 5.41) is 2.50. The number of aryl methyl sites for hydroxylation is 1. The van der Waals surface area contributed by atoms with Crippen molar-refractivity contribution in [3.8, 4) is 0 Å². The summed E-state index contributed by atoms with van der Waals surface area (Å²) in [7, 11) is 2.37. The zero-order chi connectivity index (χ0) is 18.8.